The van der Waals surface area contributed by atoms with Gasteiger partial charge in [-0.3, -0.25) is 4.79 Å². The summed E-state index contributed by atoms with van der Waals surface area (Å²) in [4.78, 5) is 12.4. The maximum absolute atomic E-state index is 12.5. The van der Waals surface area contributed by atoms with Gasteiger partial charge in [-0.1, -0.05) is 35.3 Å². The molecular formula is C16H16Cl2N2O3S. The Labute approximate surface area is 151 Å². The summed E-state index contributed by atoms with van der Waals surface area (Å²) in [7, 11) is -2.37. The molecule has 0 fully saturated rings. The average Bonchev–Trinajstić information content (AvgIpc) is 2.54. The highest BCUT2D eigenvalue weighted by molar-refractivity contribution is 7.89. The quantitative estimate of drug-likeness (QED) is 0.826. The fourth-order valence-electron chi connectivity index (χ4n) is 2.10. The Morgan fingerprint density at radius 1 is 1.12 bits per heavy atom. The lowest BCUT2D eigenvalue weighted by atomic mass is 10.1. The van der Waals surface area contributed by atoms with Gasteiger partial charge in [-0.15, -0.1) is 0 Å². The van der Waals surface area contributed by atoms with Crippen LogP contribution in [0.4, 0.5) is 0 Å². The number of halogens is 2. The van der Waals surface area contributed by atoms with Gasteiger partial charge in [-0.25, -0.2) is 13.1 Å². The van der Waals surface area contributed by atoms with Crippen molar-refractivity contribution in [2.75, 3.05) is 7.05 Å². The van der Waals surface area contributed by atoms with Crippen molar-refractivity contribution in [1.82, 2.24) is 10.0 Å². The minimum Gasteiger partial charge on any atom is -0.345 e. The third-order valence-electron chi connectivity index (χ3n) is 3.46. The maximum atomic E-state index is 12.5. The van der Waals surface area contributed by atoms with Crippen LogP contribution in [0.1, 0.15) is 28.9 Å². The second-order valence-electron chi connectivity index (χ2n) is 5.10. The zero-order valence-electron chi connectivity index (χ0n) is 13.0. The molecule has 0 aliphatic carbocycles. The van der Waals surface area contributed by atoms with E-state index in [1.807, 2.05) is 6.07 Å². The minimum atomic E-state index is -3.66. The molecule has 0 aliphatic heterocycles. The monoisotopic (exact) mass is 386 g/mol. The Bertz CT molecular complexity index is 869. The topological polar surface area (TPSA) is 75.3 Å². The van der Waals surface area contributed by atoms with E-state index in [9.17, 15) is 13.2 Å². The lowest BCUT2D eigenvalue weighted by Crippen LogP contribution is -2.27. The van der Waals surface area contributed by atoms with E-state index in [1.165, 1.54) is 25.2 Å². The maximum Gasteiger partial charge on any atom is 0.253 e. The van der Waals surface area contributed by atoms with Crippen molar-refractivity contribution in [2.24, 2.45) is 0 Å². The molecule has 1 amide bonds. The van der Waals surface area contributed by atoms with Crippen molar-refractivity contribution in [3.8, 4) is 0 Å². The minimum absolute atomic E-state index is 0.0324. The van der Waals surface area contributed by atoms with Gasteiger partial charge in [0.05, 0.1) is 21.5 Å². The normalized spacial score (nSPS) is 12.7. The van der Waals surface area contributed by atoms with Crippen LogP contribution >= 0.6 is 23.2 Å². The highest BCUT2D eigenvalue weighted by Gasteiger charge is 2.19. The molecule has 128 valence electrons. The van der Waals surface area contributed by atoms with E-state index in [-0.39, 0.29) is 21.5 Å². The van der Waals surface area contributed by atoms with Crippen LogP contribution in [0, 0.1) is 0 Å². The summed E-state index contributed by atoms with van der Waals surface area (Å²) in [6.07, 6.45) is 0. The lowest BCUT2D eigenvalue weighted by molar-refractivity contribution is 0.0940. The molecule has 8 heteroatoms. The molecule has 0 heterocycles. The smallest absolute Gasteiger partial charge is 0.253 e. The van der Waals surface area contributed by atoms with Gasteiger partial charge >= 0.3 is 0 Å². The van der Waals surface area contributed by atoms with Gasteiger partial charge in [0.1, 0.15) is 0 Å². The van der Waals surface area contributed by atoms with E-state index in [0.29, 0.717) is 5.02 Å². The number of rotatable bonds is 5. The molecule has 2 N–H and O–H groups in total. The van der Waals surface area contributed by atoms with Gasteiger partial charge < -0.3 is 5.32 Å². The van der Waals surface area contributed by atoms with E-state index in [0.717, 1.165) is 5.56 Å². The Kier molecular flexibility index (Phi) is 5.87. The zero-order chi connectivity index (χ0) is 17.9. The van der Waals surface area contributed by atoms with Crippen LogP contribution in [0.25, 0.3) is 0 Å². The fraction of sp³-hybridized carbons (Fsp3) is 0.188. The summed E-state index contributed by atoms with van der Waals surface area (Å²) in [5, 5.41) is 3.51. The highest BCUT2D eigenvalue weighted by atomic mass is 35.5. The molecule has 1 unspecified atom stereocenters. The number of amides is 1. The Balaban J connectivity index is 2.28. The molecule has 2 rings (SSSR count). The number of carbonyl (C=O) groups excluding carboxylic acids is 1. The number of sulfonamides is 1. The predicted molar refractivity (Wildman–Crippen MR) is 95.0 cm³/mol. The lowest BCUT2D eigenvalue weighted by Gasteiger charge is -2.16. The first kappa shape index (κ1) is 18.7. The molecule has 0 bridgehead atoms. The van der Waals surface area contributed by atoms with E-state index < -0.39 is 15.9 Å². The Hall–Kier alpha value is -1.60. The molecular weight excluding hydrogens is 371 g/mol. The molecule has 0 saturated carbocycles. The summed E-state index contributed by atoms with van der Waals surface area (Å²) in [5.41, 5.74) is 0.910. The molecule has 2 aromatic carbocycles. The second kappa shape index (κ2) is 7.53. The van der Waals surface area contributed by atoms with Crippen LogP contribution in [-0.4, -0.2) is 21.4 Å². The molecule has 0 spiro atoms. The van der Waals surface area contributed by atoms with E-state index in [2.05, 4.69) is 10.0 Å². The zero-order valence-corrected chi connectivity index (χ0v) is 15.3. The highest BCUT2D eigenvalue weighted by Crippen LogP contribution is 2.22. The molecule has 0 aliphatic rings. The third kappa shape index (κ3) is 4.27. The summed E-state index contributed by atoms with van der Waals surface area (Å²) >= 11 is 12.0. The first-order valence-corrected chi connectivity index (χ1v) is 9.28. The van der Waals surface area contributed by atoms with Gasteiger partial charge in [-0.2, -0.15) is 0 Å². The fourth-order valence-corrected chi connectivity index (χ4v) is 3.26. The van der Waals surface area contributed by atoms with Gasteiger partial charge in [0.2, 0.25) is 10.0 Å². The molecule has 5 nitrogen and oxygen atoms in total. The van der Waals surface area contributed by atoms with Gasteiger partial charge in [0.15, 0.2) is 0 Å². The van der Waals surface area contributed by atoms with Crippen molar-refractivity contribution < 1.29 is 13.2 Å². The standard InChI is InChI=1S/C16H16Cl2N2O3S/c1-10(11-4-3-5-12(17)8-11)20-16(21)14-9-13(6-7-15(14)18)24(22,23)19-2/h3-10,19H,1-2H3,(H,20,21). The largest absolute Gasteiger partial charge is 0.345 e. The van der Waals surface area contributed by atoms with Crippen LogP contribution in [-0.2, 0) is 10.0 Å². The number of hydrogen-bond donors (Lipinski definition) is 2. The SMILES string of the molecule is CNS(=O)(=O)c1ccc(Cl)c(C(=O)NC(C)c2cccc(Cl)c2)c1. The van der Waals surface area contributed by atoms with E-state index >= 15 is 0 Å². The number of benzene rings is 2. The number of carbonyl (C=O) groups is 1. The summed E-state index contributed by atoms with van der Waals surface area (Å²) in [6, 6.07) is 10.7. The van der Waals surface area contributed by atoms with Crippen molar-refractivity contribution in [3.05, 3.63) is 63.6 Å². The number of hydrogen-bond acceptors (Lipinski definition) is 3. The van der Waals surface area contributed by atoms with Gasteiger partial charge in [-0.05, 0) is 49.9 Å². The first-order chi connectivity index (χ1) is 11.2. The predicted octanol–water partition coefficient (Wildman–Crippen LogP) is 3.39. The Morgan fingerprint density at radius 3 is 2.46 bits per heavy atom. The van der Waals surface area contributed by atoms with Crippen molar-refractivity contribution in [2.45, 2.75) is 17.9 Å². The first-order valence-electron chi connectivity index (χ1n) is 7.04. The van der Waals surface area contributed by atoms with E-state index in [4.69, 9.17) is 23.2 Å². The van der Waals surface area contributed by atoms with Crippen LogP contribution in [0.3, 0.4) is 0 Å². The second-order valence-corrected chi connectivity index (χ2v) is 7.83. The molecule has 0 saturated heterocycles. The summed E-state index contributed by atoms with van der Waals surface area (Å²) in [6.45, 7) is 1.80. The van der Waals surface area contributed by atoms with Gasteiger partial charge in [0, 0.05) is 5.02 Å². The summed E-state index contributed by atoms with van der Waals surface area (Å²) < 4.78 is 25.9. The van der Waals surface area contributed by atoms with E-state index in [1.54, 1.807) is 25.1 Å². The molecule has 24 heavy (non-hydrogen) atoms. The molecule has 0 aromatic heterocycles. The molecule has 0 radical (unpaired) electrons. The van der Waals surface area contributed by atoms with Gasteiger partial charge in [0.25, 0.3) is 5.91 Å². The van der Waals surface area contributed by atoms with Crippen molar-refractivity contribution >= 4 is 39.1 Å². The van der Waals surface area contributed by atoms with Crippen LogP contribution in [0.5, 0.6) is 0 Å². The van der Waals surface area contributed by atoms with Crippen LogP contribution < -0.4 is 10.0 Å². The molecule has 2 aromatic rings. The van der Waals surface area contributed by atoms with Crippen LogP contribution in [0.15, 0.2) is 47.4 Å². The molecule has 1 atom stereocenters. The van der Waals surface area contributed by atoms with Crippen LogP contribution in [0.2, 0.25) is 10.0 Å². The summed E-state index contributed by atoms with van der Waals surface area (Å²) in [5.74, 6) is -0.472. The van der Waals surface area contributed by atoms with Crippen molar-refractivity contribution in [1.29, 1.82) is 0 Å². The number of nitrogens with one attached hydrogen (secondary N) is 2. The van der Waals surface area contributed by atoms with Crippen molar-refractivity contribution in [3.63, 3.8) is 0 Å². The average molecular weight is 387 g/mol. The Morgan fingerprint density at radius 2 is 1.83 bits per heavy atom. The third-order valence-corrected chi connectivity index (χ3v) is 5.43.